The monoisotopic (exact) mass is 215 g/mol. The summed E-state index contributed by atoms with van der Waals surface area (Å²) in [5.41, 5.74) is 2.85. The molecule has 1 aromatic rings. The molecule has 0 aliphatic carbocycles. The Bertz CT molecular complexity index is 372. The second kappa shape index (κ2) is 3.97. The molecule has 0 radical (unpaired) electrons. The fourth-order valence-electron chi connectivity index (χ4n) is 2.16. The molecular weight excluding hydrogens is 194 g/mol. The maximum atomic E-state index is 4.25. The van der Waals surface area contributed by atoms with Crippen molar-refractivity contribution in [3.63, 3.8) is 0 Å². The van der Waals surface area contributed by atoms with Crippen molar-refractivity contribution >= 4 is 0 Å². The van der Waals surface area contributed by atoms with E-state index in [9.17, 15) is 0 Å². The Morgan fingerprint density at radius 1 is 1.25 bits per heavy atom. The normalized spacial score (nSPS) is 20.4. The van der Waals surface area contributed by atoms with Crippen LogP contribution in [0.1, 0.15) is 38.8 Å². The summed E-state index contributed by atoms with van der Waals surface area (Å²) in [6.07, 6.45) is 1.25. The van der Waals surface area contributed by atoms with Crippen LogP contribution in [0.25, 0.3) is 0 Å². The molecule has 16 heavy (non-hydrogen) atoms. The first-order chi connectivity index (χ1) is 7.50. The standard InChI is InChI=1S/C15H21N/c1-12(15(2,3)4)16-11-10-14(16)13-8-6-5-7-9-13/h5-9,14H,1,10-11H2,2-4H3. The Morgan fingerprint density at radius 3 is 2.31 bits per heavy atom. The molecule has 86 valence electrons. The first-order valence-corrected chi connectivity index (χ1v) is 6.01. The molecule has 1 fully saturated rings. The molecule has 1 aromatic carbocycles. The molecule has 0 bridgehead atoms. The summed E-state index contributed by atoms with van der Waals surface area (Å²) >= 11 is 0. The van der Waals surface area contributed by atoms with E-state index in [4.69, 9.17) is 0 Å². The maximum absolute atomic E-state index is 4.25. The van der Waals surface area contributed by atoms with Crippen molar-refractivity contribution in [2.24, 2.45) is 5.41 Å². The number of rotatable bonds is 2. The van der Waals surface area contributed by atoms with E-state index in [1.165, 1.54) is 17.7 Å². The molecule has 2 rings (SSSR count). The Labute approximate surface area is 98.8 Å². The van der Waals surface area contributed by atoms with Crippen LogP contribution in [0.4, 0.5) is 0 Å². The van der Waals surface area contributed by atoms with Crippen LogP contribution in [-0.2, 0) is 0 Å². The van der Waals surface area contributed by atoms with Crippen molar-refractivity contribution < 1.29 is 0 Å². The third-order valence-electron chi connectivity index (χ3n) is 3.42. The molecule has 1 nitrogen and oxygen atoms in total. The average molecular weight is 215 g/mol. The topological polar surface area (TPSA) is 3.24 Å². The van der Waals surface area contributed by atoms with E-state index in [0.717, 1.165) is 6.54 Å². The summed E-state index contributed by atoms with van der Waals surface area (Å²) in [4.78, 5) is 2.44. The molecule has 1 unspecified atom stereocenters. The molecule has 0 amide bonds. The van der Waals surface area contributed by atoms with Gasteiger partial charge in [0.05, 0.1) is 6.04 Å². The Hall–Kier alpha value is -1.24. The number of nitrogens with zero attached hydrogens (tertiary/aromatic N) is 1. The molecule has 1 atom stereocenters. The van der Waals surface area contributed by atoms with Gasteiger partial charge in [0.1, 0.15) is 0 Å². The molecule has 0 N–H and O–H groups in total. The third-order valence-corrected chi connectivity index (χ3v) is 3.42. The Morgan fingerprint density at radius 2 is 1.88 bits per heavy atom. The van der Waals surface area contributed by atoms with Gasteiger partial charge in [0.25, 0.3) is 0 Å². The Balaban J connectivity index is 2.13. The highest BCUT2D eigenvalue weighted by atomic mass is 15.2. The zero-order valence-electron chi connectivity index (χ0n) is 10.5. The van der Waals surface area contributed by atoms with Gasteiger partial charge >= 0.3 is 0 Å². The van der Waals surface area contributed by atoms with Crippen LogP contribution in [0.15, 0.2) is 42.6 Å². The molecule has 1 aliphatic rings. The summed E-state index contributed by atoms with van der Waals surface area (Å²) in [6.45, 7) is 12.1. The smallest absolute Gasteiger partial charge is 0.0556 e. The lowest BCUT2D eigenvalue weighted by atomic mass is 9.86. The van der Waals surface area contributed by atoms with Gasteiger partial charge < -0.3 is 4.90 Å². The zero-order valence-corrected chi connectivity index (χ0v) is 10.5. The predicted octanol–water partition coefficient (Wildman–Crippen LogP) is 3.99. The van der Waals surface area contributed by atoms with Crippen LogP contribution >= 0.6 is 0 Å². The van der Waals surface area contributed by atoms with Crippen LogP contribution < -0.4 is 0 Å². The van der Waals surface area contributed by atoms with E-state index in [2.05, 4.69) is 62.6 Å². The molecule has 1 aliphatic heterocycles. The highest BCUT2D eigenvalue weighted by molar-refractivity contribution is 5.24. The van der Waals surface area contributed by atoms with Crippen LogP contribution in [0, 0.1) is 5.41 Å². The number of likely N-dealkylation sites (tertiary alicyclic amines) is 1. The SMILES string of the molecule is C=C(N1CCC1c1ccccc1)C(C)(C)C. The fraction of sp³-hybridized carbons (Fsp3) is 0.467. The first-order valence-electron chi connectivity index (χ1n) is 6.01. The number of allylic oxidation sites excluding steroid dienone is 1. The lowest BCUT2D eigenvalue weighted by Crippen LogP contribution is -2.43. The molecular formula is C15H21N. The van der Waals surface area contributed by atoms with Gasteiger partial charge in [0.2, 0.25) is 0 Å². The fourth-order valence-corrected chi connectivity index (χ4v) is 2.16. The lowest BCUT2D eigenvalue weighted by Gasteiger charge is -2.48. The van der Waals surface area contributed by atoms with Crippen LogP contribution in [0.5, 0.6) is 0 Å². The van der Waals surface area contributed by atoms with E-state index in [0.29, 0.717) is 6.04 Å². The molecule has 0 saturated carbocycles. The van der Waals surface area contributed by atoms with E-state index in [-0.39, 0.29) is 5.41 Å². The van der Waals surface area contributed by atoms with E-state index in [1.807, 2.05) is 0 Å². The molecule has 1 heterocycles. The van der Waals surface area contributed by atoms with Crippen LogP contribution in [0.2, 0.25) is 0 Å². The first kappa shape index (κ1) is 11.3. The summed E-state index contributed by atoms with van der Waals surface area (Å²) < 4.78 is 0. The van der Waals surface area contributed by atoms with Crippen molar-refractivity contribution in [3.8, 4) is 0 Å². The quantitative estimate of drug-likeness (QED) is 0.721. The van der Waals surface area contributed by atoms with Crippen LogP contribution in [0.3, 0.4) is 0 Å². The van der Waals surface area contributed by atoms with Gasteiger partial charge in [-0.1, -0.05) is 57.7 Å². The van der Waals surface area contributed by atoms with Gasteiger partial charge in [-0.25, -0.2) is 0 Å². The summed E-state index contributed by atoms with van der Waals surface area (Å²) in [6, 6.07) is 11.3. The van der Waals surface area contributed by atoms with Gasteiger partial charge in [-0.3, -0.25) is 0 Å². The Kier molecular flexibility index (Phi) is 2.79. The van der Waals surface area contributed by atoms with Gasteiger partial charge in [0.15, 0.2) is 0 Å². The van der Waals surface area contributed by atoms with Gasteiger partial charge in [0, 0.05) is 17.7 Å². The van der Waals surface area contributed by atoms with E-state index in [1.54, 1.807) is 0 Å². The second-order valence-electron chi connectivity index (χ2n) is 5.61. The van der Waals surface area contributed by atoms with Crippen LogP contribution in [-0.4, -0.2) is 11.4 Å². The predicted molar refractivity (Wildman–Crippen MR) is 69.1 cm³/mol. The van der Waals surface area contributed by atoms with E-state index >= 15 is 0 Å². The van der Waals surface area contributed by atoms with Gasteiger partial charge in [-0.05, 0) is 12.0 Å². The zero-order chi connectivity index (χ0) is 11.8. The molecule has 1 heteroatoms. The van der Waals surface area contributed by atoms with Crippen molar-refractivity contribution in [1.82, 2.24) is 4.90 Å². The van der Waals surface area contributed by atoms with Crippen molar-refractivity contribution in [2.45, 2.75) is 33.2 Å². The minimum Gasteiger partial charge on any atom is -0.368 e. The minimum absolute atomic E-state index is 0.174. The maximum Gasteiger partial charge on any atom is 0.0556 e. The summed E-state index contributed by atoms with van der Waals surface area (Å²) in [7, 11) is 0. The summed E-state index contributed by atoms with van der Waals surface area (Å²) in [5, 5.41) is 0. The third kappa shape index (κ3) is 1.99. The van der Waals surface area contributed by atoms with Crippen molar-refractivity contribution in [2.75, 3.05) is 6.54 Å². The molecule has 0 spiro atoms. The van der Waals surface area contributed by atoms with Gasteiger partial charge in [-0.15, -0.1) is 0 Å². The average Bonchev–Trinajstić information content (AvgIpc) is 2.16. The number of hydrogen-bond acceptors (Lipinski definition) is 1. The molecule has 1 saturated heterocycles. The van der Waals surface area contributed by atoms with Gasteiger partial charge in [-0.2, -0.15) is 0 Å². The lowest BCUT2D eigenvalue weighted by molar-refractivity contribution is 0.106. The van der Waals surface area contributed by atoms with E-state index < -0.39 is 0 Å². The number of hydrogen-bond donors (Lipinski definition) is 0. The highest BCUT2D eigenvalue weighted by Gasteiger charge is 2.33. The minimum atomic E-state index is 0.174. The van der Waals surface area contributed by atoms with Crippen molar-refractivity contribution in [3.05, 3.63) is 48.2 Å². The highest BCUT2D eigenvalue weighted by Crippen LogP contribution is 2.41. The largest absolute Gasteiger partial charge is 0.368 e. The molecule has 0 aromatic heterocycles. The summed E-state index contributed by atoms with van der Waals surface area (Å²) in [5.74, 6) is 0. The second-order valence-corrected chi connectivity index (χ2v) is 5.61. The van der Waals surface area contributed by atoms with Crippen molar-refractivity contribution in [1.29, 1.82) is 0 Å². The number of benzene rings is 1.